The van der Waals surface area contributed by atoms with Gasteiger partial charge in [0.15, 0.2) is 0 Å². The van der Waals surface area contributed by atoms with Crippen LogP contribution in [0, 0.1) is 0 Å². The highest BCUT2D eigenvalue weighted by Crippen LogP contribution is 2.11. The van der Waals surface area contributed by atoms with Crippen LogP contribution in [0.3, 0.4) is 0 Å². The van der Waals surface area contributed by atoms with Gasteiger partial charge in [-0.2, -0.15) is 0 Å². The van der Waals surface area contributed by atoms with E-state index in [1.807, 2.05) is 18.2 Å². The Hall–Kier alpha value is -1.50. The van der Waals surface area contributed by atoms with E-state index in [4.69, 9.17) is 22.7 Å². The van der Waals surface area contributed by atoms with E-state index >= 15 is 0 Å². The van der Waals surface area contributed by atoms with Crippen molar-refractivity contribution in [2.75, 3.05) is 38.2 Å². The van der Waals surface area contributed by atoms with Gasteiger partial charge in [0.1, 0.15) is 4.99 Å². The van der Waals surface area contributed by atoms with E-state index in [0.29, 0.717) is 11.4 Å². The number of nitrogens with two attached hydrogens (primary N) is 1. The molecule has 5 nitrogen and oxygen atoms in total. The third kappa shape index (κ3) is 4.56. The number of hydrogen-bond donors (Lipinski definition) is 2. The van der Waals surface area contributed by atoms with Gasteiger partial charge in [-0.15, -0.1) is 0 Å². The molecule has 1 heterocycles. The summed E-state index contributed by atoms with van der Waals surface area (Å²) < 4.78 is 5.27. The Bertz CT molecular complexity index is 487. The van der Waals surface area contributed by atoms with Gasteiger partial charge in [0, 0.05) is 37.3 Å². The quantitative estimate of drug-likeness (QED) is 0.792. The van der Waals surface area contributed by atoms with E-state index in [0.717, 1.165) is 44.1 Å². The summed E-state index contributed by atoms with van der Waals surface area (Å²) in [5, 5.41) is 2.86. The lowest BCUT2D eigenvalue weighted by Gasteiger charge is -2.26. The van der Waals surface area contributed by atoms with E-state index in [1.54, 1.807) is 6.07 Å². The van der Waals surface area contributed by atoms with Crippen LogP contribution in [0.15, 0.2) is 24.3 Å². The van der Waals surface area contributed by atoms with Gasteiger partial charge in [-0.3, -0.25) is 9.69 Å². The minimum atomic E-state index is -0.00317. The second kappa shape index (κ2) is 7.33. The van der Waals surface area contributed by atoms with E-state index < -0.39 is 0 Å². The fourth-order valence-corrected chi connectivity index (χ4v) is 2.19. The molecule has 0 bridgehead atoms. The van der Waals surface area contributed by atoms with E-state index in [2.05, 4.69) is 10.2 Å². The molecule has 1 aromatic carbocycles. The van der Waals surface area contributed by atoms with Gasteiger partial charge >= 0.3 is 0 Å². The number of rotatable bonds is 5. The lowest BCUT2D eigenvalue weighted by atomic mass is 10.2. The lowest BCUT2D eigenvalue weighted by Crippen LogP contribution is -2.38. The van der Waals surface area contributed by atoms with Crippen molar-refractivity contribution in [2.24, 2.45) is 5.73 Å². The summed E-state index contributed by atoms with van der Waals surface area (Å²) in [6.45, 7) is 4.04. The highest BCUT2D eigenvalue weighted by atomic mass is 32.1. The summed E-state index contributed by atoms with van der Waals surface area (Å²) in [6.07, 6.45) is 0.470. The van der Waals surface area contributed by atoms with Crippen LogP contribution in [0.5, 0.6) is 0 Å². The molecule has 1 saturated heterocycles. The first-order valence-electron chi connectivity index (χ1n) is 6.65. The Balaban J connectivity index is 1.81. The Kier molecular flexibility index (Phi) is 5.46. The normalized spacial score (nSPS) is 15.8. The molecular formula is C14H19N3O2S. The molecule has 108 valence electrons. The summed E-state index contributed by atoms with van der Waals surface area (Å²) >= 11 is 4.92. The summed E-state index contributed by atoms with van der Waals surface area (Å²) in [5.74, 6) is -0.00317. The fourth-order valence-electron chi connectivity index (χ4n) is 2.06. The SMILES string of the molecule is NC(=S)c1cccc(NC(=O)CCN2CCOCC2)c1. The van der Waals surface area contributed by atoms with E-state index in [1.165, 1.54) is 0 Å². The van der Waals surface area contributed by atoms with Gasteiger partial charge in [0.25, 0.3) is 0 Å². The highest BCUT2D eigenvalue weighted by molar-refractivity contribution is 7.80. The predicted molar refractivity (Wildman–Crippen MR) is 82.8 cm³/mol. The molecule has 2 rings (SSSR count). The number of nitrogens with zero attached hydrogens (tertiary/aromatic N) is 1. The topological polar surface area (TPSA) is 67.6 Å². The number of nitrogens with one attached hydrogen (secondary N) is 1. The molecule has 1 aliphatic rings. The molecule has 0 unspecified atom stereocenters. The smallest absolute Gasteiger partial charge is 0.225 e. The monoisotopic (exact) mass is 293 g/mol. The van der Waals surface area contributed by atoms with Crippen molar-refractivity contribution in [3.8, 4) is 0 Å². The van der Waals surface area contributed by atoms with Crippen LogP contribution >= 0.6 is 12.2 Å². The van der Waals surface area contributed by atoms with E-state index in [-0.39, 0.29) is 5.91 Å². The van der Waals surface area contributed by atoms with Gasteiger partial charge in [-0.05, 0) is 12.1 Å². The minimum absolute atomic E-state index is 0.00317. The molecule has 0 aromatic heterocycles. The van der Waals surface area contributed by atoms with Crippen LogP contribution in [-0.4, -0.2) is 48.6 Å². The third-order valence-corrected chi connectivity index (χ3v) is 3.43. The summed E-state index contributed by atoms with van der Waals surface area (Å²) in [5.41, 5.74) is 7.05. The number of carbonyl (C=O) groups excluding carboxylic acids is 1. The zero-order valence-electron chi connectivity index (χ0n) is 11.3. The van der Waals surface area contributed by atoms with Crippen molar-refractivity contribution in [1.29, 1.82) is 0 Å². The Morgan fingerprint density at radius 3 is 2.85 bits per heavy atom. The zero-order valence-corrected chi connectivity index (χ0v) is 12.1. The third-order valence-electron chi connectivity index (χ3n) is 3.19. The maximum atomic E-state index is 11.9. The molecule has 0 radical (unpaired) electrons. The second-order valence-corrected chi connectivity index (χ2v) is 5.14. The van der Waals surface area contributed by atoms with E-state index in [9.17, 15) is 4.79 Å². The fraction of sp³-hybridized carbons (Fsp3) is 0.429. The molecule has 1 aliphatic heterocycles. The number of carbonyl (C=O) groups is 1. The lowest BCUT2D eigenvalue weighted by molar-refractivity contribution is -0.116. The molecule has 0 atom stereocenters. The van der Waals surface area contributed by atoms with Gasteiger partial charge in [-0.1, -0.05) is 24.4 Å². The number of morpholine rings is 1. The molecule has 3 N–H and O–H groups in total. The summed E-state index contributed by atoms with van der Waals surface area (Å²) in [6, 6.07) is 7.27. The molecule has 1 amide bonds. The number of anilines is 1. The minimum Gasteiger partial charge on any atom is -0.389 e. The van der Waals surface area contributed by atoms with Crippen LogP contribution in [-0.2, 0) is 9.53 Å². The summed E-state index contributed by atoms with van der Waals surface area (Å²) in [4.78, 5) is 14.5. The zero-order chi connectivity index (χ0) is 14.4. The van der Waals surface area contributed by atoms with Crippen molar-refractivity contribution in [3.05, 3.63) is 29.8 Å². The highest BCUT2D eigenvalue weighted by Gasteiger charge is 2.12. The van der Waals surface area contributed by atoms with Gasteiger partial charge < -0.3 is 15.8 Å². The van der Waals surface area contributed by atoms with Crippen LogP contribution in [0.4, 0.5) is 5.69 Å². The second-order valence-electron chi connectivity index (χ2n) is 4.70. The van der Waals surface area contributed by atoms with Crippen LogP contribution in [0.25, 0.3) is 0 Å². The maximum absolute atomic E-state index is 11.9. The molecule has 20 heavy (non-hydrogen) atoms. The molecule has 0 saturated carbocycles. The van der Waals surface area contributed by atoms with Crippen LogP contribution < -0.4 is 11.1 Å². The summed E-state index contributed by atoms with van der Waals surface area (Å²) in [7, 11) is 0. The van der Waals surface area contributed by atoms with Gasteiger partial charge in [0.2, 0.25) is 5.91 Å². The Morgan fingerprint density at radius 1 is 1.40 bits per heavy atom. The standard InChI is InChI=1S/C14H19N3O2S/c15-14(20)11-2-1-3-12(10-11)16-13(18)4-5-17-6-8-19-9-7-17/h1-3,10H,4-9H2,(H2,15,20)(H,16,18). The molecule has 1 fully saturated rings. The predicted octanol–water partition coefficient (Wildman–Crippen LogP) is 0.982. The molecule has 6 heteroatoms. The largest absolute Gasteiger partial charge is 0.389 e. The van der Waals surface area contributed by atoms with Gasteiger partial charge in [0.05, 0.1) is 13.2 Å². The van der Waals surface area contributed by atoms with Crippen molar-refractivity contribution in [1.82, 2.24) is 4.90 Å². The number of hydrogen-bond acceptors (Lipinski definition) is 4. The van der Waals surface area contributed by atoms with Crippen molar-refractivity contribution >= 4 is 28.8 Å². The van der Waals surface area contributed by atoms with Crippen molar-refractivity contribution in [3.63, 3.8) is 0 Å². The first-order chi connectivity index (χ1) is 9.65. The Morgan fingerprint density at radius 2 is 2.15 bits per heavy atom. The molecule has 0 spiro atoms. The van der Waals surface area contributed by atoms with Crippen molar-refractivity contribution < 1.29 is 9.53 Å². The maximum Gasteiger partial charge on any atom is 0.225 e. The number of thiocarbonyl (C=S) groups is 1. The number of benzene rings is 1. The molecule has 0 aliphatic carbocycles. The average Bonchev–Trinajstić information content (AvgIpc) is 2.46. The van der Waals surface area contributed by atoms with Gasteiger partial charge in [-0.25, -0.2) is 0 Å². The van der Waals surface area contributed by atoms with Crippen LogP contribution in [0.2, 0.25) is 0 Å². The number of amides is 1. The first kappa shape index (κ1) is 14.9. The Labute approximate surface area is 124 Å². The number of ether oxygens (including phenoxy) is 1. The molecular weight excluding hydrogens is 274 g/mol. The first-order valence-corrected chi connectivity index (χ1v) is 7.06. The van der Waals surface area contributed by atoms with Crippen molar-refractivity contribution in [2.45, 2.75) is 6.42 Å². The average molecular weight is 293 g/mol. The molecule has 1 aromatic rings. The van der Waals surface area contributed by atoms with Crippen LogP contribution in [0.1, 0.15) is 12.0 Å².